The molecule has 0 amide bonds. The maximum Gasteiger partial charge on any atom is 0.0960 e. The lowest BCUT2D eigenvalue weighted by molar-refractivity contribution is 0.180. The summed E-state index contributed by atoms with van der Waals surface area (Å²) in [5.74, 6) is 0.830. The summed E-state index contributed by atoms with van der Waals surface area (Å²) in [4.78, 5) is 0. The van der Waals surface area contributed by atoms with E-state index in [1.54, 1.807) is 11.8 Å². The topological polar surface area (TPSA) is 9.23 Å². The Labute approximate surface area is 54.1 Å². The van der Waals surface area contributed by atoms with Crippen molar-refractivity contribution in [3.8, 4) is 0 Å². The van der Waals surface area contributed by atoms with Gasteiger partial charge in [-0.05, 0) is 18.2 Å². The van der Waals surface area contributed by atoms with Gasteiger partial charge in [0.25, 0.3) is 0 Å². The minimum absolute atomic E-state index is 0.830. The van der Waals surface area contributed by atoms with Crippen molar-refractivity contribution in [2.45, 2.75) is 12.8 Å². The van der Waals surface area contributed by atoms with Crippen LogP contribution in [0, 0.1) is 0 Å². The van der Waals surface area contributed by atoms with Gasteiger partial charge >= 0.3 is 0 Å². The van der Waals surface area contributed by atoms with E-state index in [1.807, 2.05) is 0 Å². The number of ether oxygens (including phenoxy) is 1. The van der Waals surface area contributed by atoms with Crippen LogP contribution in [0.15, 0.2) is 11.5 Å². The van der Waals surface area contributed by atoms with Crippen LogP contribution in [0.2, 0.25) is 0 Å². The molecule has 1 heterocycles. The number of hydrogen-bond donors (Lipinski definition) is 0. The monoisotopic (exact) mass is 130 g/mol. The minimum Gasteiger partial charge on any atom is -0.371 e. The van der Waals surface area contributed by atoms with Gasteiger partial charge in [0.1, 0.15) is 0 Å². The molecule has 1 rings (SSSR count). The molecule has 0 bridgehead atoms. The fourth-order valence-electron chi connectivity index (χ4n) is 0.586. The summed E-state index contributed by atoms with van der Waals surface area (Å²) in [6, 6.07) is 0. The van der Waals surface area contributed by atoms with Crippen LogP contribution in [0.25, 0.3) is 0 Å². The van der Waals surface area contributed by atoms with Crippen LogP contribution in [0.4, 0.5) is 0 Å². The van der Waals surface area contributed by atoms with E-state index in [1.165, 1.54) is 12.8 Å². The summed E-state index contributed by atoms with van der Waals surface area (Å²) in [5.41, 5.74) is 0. The smallest absolute Gasteiger partial charge is 0.0960 e. The molecule has 0 saturated carbocycles. The molecular formula is C6H10OS. The van der Waals surface area contributed by atoms with E-state index in [0.29, 0.717) is 0 Å². The van der Waals surface area contributed by atoms with Gasteiger partial charge in [0.2, 0.25) is 0 Å². The van der Waals surface area contributed by atoms with E-state index < -0.39 is 0 Å². The fraction of sp³-hybridized carbons (Fsp3) is 0.667. The quantitative estimate of drug-likeness (QED) is 0.496. The Morgan fingerprint density at radius 3 is 3.50 bits per heavy atom. The van der Waals surface area contributed by atoms with Crippen molar-refractivity contribution in [2.24, 2.45) is 0 Å². The first-order valence-electron chi connectivity index (χ1n) is 2.84. The molecule has 8 heavy (non-hydrogen) atoms. The van der Waals surface area contributed by atoms with E-state index in [4.69, 9.17) is 4.74 Å². The summed E-state index contributed by atoms with van der Waals surface area (Å²) in [6.07, 6.45) is 4.55. The zero-order valence-electron chi connectivity index (χ0n) is 4.80. The van der Waals surface area contributed by atoms with E-state index >= 15 is 0 Å². The summed E-state index contributed by atoms with van der Waals surface area (Å²) < 4.78 is 5.19. The first kappa shape index (κ1) is 6.17. The molecule has 0 radical (unpaired) electrons. The van der Waals surface area contributed by atoms with E-state index in [0.717, 1.165) is 12.5 Å². The third-order valence-electron chi connectivity index (χ3n) is 1.00. The Kier molecular flexibility index (Phi) is 3.07. The van der Waals surface area contributed by atoms with Crippen molar-refractivity contribution in [3.63, 3.8) is 0 Å². The van der Waals surface area contributed by atoms with Gasteiger partial charge in [-0.25, -0.2) is 0 Å². The predicted octanol–water partition coefficient (Wildman–Crippen LogP) is 2.00. The van der Waals surface area contributed by atoms with Crippen molar-refractivity contribution in [2.75, 3.05) is 12.5 Å². The van der Waals surface area contributed by atoms with Gasteiger partial charge in [-0.15, -0.1) is 11.8 Å². The van der Waals surface area contributed by atoms with Crippen LogP contribution >= 0.6 is 11.8 Å². The third-order valence-corrected chi connectivity index (χ3v) is 1.69. The molecule has 2 heteroatoms. The Balaban J connectivity index is 2.17. The Bertz CT molecular complexity index is 70.6. The van der Waals surface area contributed by atoms with Crippen LogP contribution in [0.5, 0.6) is 0 Å². The summed E-state index contributed by atoms with van der Waals surface area (Å²) >= 11 is 1.73. The molecule has 0 aromatic rings. The zero-order chi connectivity index (χ0) is 5.66. The normalized spacial score (nSPS) is 26.0. The lowest BCUT2D eigenvalue weighted by Crippen LogP contribution is -1.93. The van der Waals surface area contributed by atoms with E-state index in [-0.39, 0.29) is 0 Å². The highest BCUT2D eigenvalue weighted by Gasteiger charge is 1.89. The maximum atomic E-state index is 5.19. The molecule has 0 atom stereocenters. The molecule has 1 aliphatic heterocycles. The van der Waals surface area contributed by atoms with Gasteiger partial charge in [0.05, 0.1) is 5.94 Å². The van der Waals surface area contributed by atoms with Gasteiger partial charge in [-0.2, -0.15) is 0 Å². The van der Waals surface area contributed by atoms with Gasteiger partial charge in [-0.1, -0.05) is 6.08 Å². The van der Waals surface area contributed by atoms with Crippen LogP contribution in [-0.4, -0.2) is 12.5 Å². The van der Waals surface area contributed by atoms with Crippen molar-refractivity contribution in [1.82, 2.24) is 0 Å². The molecule has 1 nitrogen and oxygen atoms in total. The first-order valence-corrected chi connectivity index (χ1v) is 3.89. The van der Waals surface area contributed by atoms with E-state index in [2.05, 4.69) is 11.5 Å². The molecule has 1 aliphatic rings. The molecule has 0 aromatic heterocycles. The molecule has 46 valence electrons. The SMILES string of the molecule is C1=C\SCOCCC/1. The fourth-order valence-corrected chi connectivity index (χ4v) is 1.15. The first-order chi connectivity index (χ1) is 4.00. The molecule has 0 aromatic carbocycles. The maximum absolute atomic E-state index is 5.19. The lowest BCUT2D eigenvalue weighted by Gasteiger charge is -2.02. The summed E-state index contributed by atoms with van der Waals surface area (Å²) in [6.45, 7) is 0.928. The van der Waals surface area contributed by atoms with Crippen LogP contribution in [-0.2, 0) is 4.74 Å². The number of hydrogen-bond acceptors (Lipinski definition) is 2. The molecule has 0 fully saturated rings. The van der Waals surface area contributed by atoms with Crippen LogP contribution in [0.3, 0.4) is 0 Å². The predicted molar refractivity (Wildman–Crippen MR) is 36.8 cm³/mol. The summed E-state index contributed by atoms with van der Waals surface area (Å²) in [7, 11) is 0. The zero-order valence-corrected chi connectivity index (χ0v) is 5.62. The summed E-state index contributed by atoms with van der Waals surface area (Å²) in [5, 5.41) is 2.11. The van der Waals surface area contributed by atoms with Crippen molar-refractivity contribution < 1.29 is 4.74 Å². The standard InChI is InChI=1S/C6H10OS/c1-2-4-7-6-8-5-3-1/h3,5H,1-2,4,6H2/b5-3-. The van der Waals surface area contributed by atoms with Gasteiger partial charge in [0, 0.05) is 6.61 Å². The van der Waals surface area contributed by atoms with Crippen molar-refractivity contribution >= 4 is 11.8 Å². The molecule has 0 saturated heterocycles. The van der Waals surface area contributed by atoms with Crippen LogP contribution < -0.4 is 0 Å². The Morgan fingerprint density at radius 2 is 2.50 bits per heavy atom. The van der Waals surface area contributed by atoms with Gasteiger partial charge < -0.3 is 4.74 Å². The van der Waals surface area contributed by atoms with Crippen LogP contribution in [0.1, 0.15) is 12.8 Å². The molecule has 0 unspecified atom stereocenters. The Morgan fingerprint density at radius 1 is 1.50 bits per heavy atom. The number of thioether (sulfide) groups is 1. The van der Waals surface area contributed by atoms with Gasteiger partial charge in [-0.3, -0.25) is 0 Å². The largest absolute Gasteiger partial charge is 0.371 e. The average molecular weight is 130 g/mol. The lowest BCUT2D eigenvalue weighted by atomic mass is 10.3. The molecule has 0 aliphatic carbocycles. The molecular weight excluding hydrogens is 120 g/mol. The highest BCUT2D eigenvalue weighted by atomic mass is 32.2. The average Bonchev–Trinajstić information content (AvgIpc) is 1.62. The second kappa shape index (κ2) is 3.98. The molecule has 0 N–H and O–H groups in total. The highest BCUT2D eigenvalue weighted by molar-refractivity contribution is 8.01. The Hall–Kier alpha value is 0.0500. The number of rotatable bonds is 0. The van der Waals surface area contributed by atoms with Gasteiger partial charge in [0.15, 0.2) is 0 Å². The highest BCUT2D eigenvalue weighted by Crippen LogP contribution is 2.07. The third kappa shape index (κ3) is 2.38. The second-order valence-corrected chi connectivity index (χ2v) is 2.55. The number of allylic oxidation sites excluding steroid dienone is 1. The van der Waals surface area contributed by atoms with Crippen molar-refractivity contribution in [1.29, 1.82) is 0 Å². The minimum atomic E-state index is 0.830. The van der Waals surface area contributed by atoms with E-state index in [9.17, 15) is 0 Å². The second-order valence-electron chi connectivity index (χ2n) is 1.71. The van der Waals surface area contributed by atoms with Crippen molar-refractivity contribution in [3.05, 3.63) is 11.5 Å². The molecule has 0 spiro atoms.